The highest BCUT2D eigenvalue weighted by molar-refractivity contribution is 14.1. The van der Waals surface area contributed by atoms with E-state index >= 15 is 0 Å². The highest BCUT2D eigenvalue weighted by atomic mass is 127. The summed E-state index contributed by atoms with van der Waals surface area (Å²) in [6.45, 7) is 0. The molecule has 0 unspecified atom stereocenters. The molecular formula is C22H16I2O4. The maximum atomic E-state index is 11.8. The van der Waals surface area contributed by atoms with Crippen molar-refractivity contribution in [1.82, 2.24) is 0 Å². The fourth-order valence-corrected chi connectivity index (χ4v) is 3.75. The van der Waals surface area contributed by atoms with E-state index in [2.05, 4.69) is 45.2 Å². The predicted molar refractivity (Wildman–Crippen MR) is 124 cm³/mol. The minimum atomic E-state index is -1.12. The number of carbonyl (C=O) groups is 2. The normalized spacial score (nSPS) is 10.6. The highest BCUT2D eigenvalue weighted by Gasteiger charge is 2.19. The molecule has 0 radical (unpaired) electrons. The second-order valence-electron chi connectivity index (χ2n) is 6.38. The van der Waals surface area contributed by atoms with Gasteiger partial charge in [0.2, 0.25) is 0 Å². The number of rotatable bonds is 6. The quantitative estimate of drug-likeness (QED) is 0.369. The van der Waals surface area contributed by atoms with Crippen LogP contribution in [-0.4, -0.2) is 22.2 Å². The zero-order chi connectivity index (χ0) is 20.3. The molecule has 4 nitrogen and oxygen atoms in total. The second kappa shape index (κ2) is 9.04. The van der Waals surface area contributed by atoms with Crippen LogP contribution in [0.15, 0.2) is 60.7 Å². The lowest BCUT2D eigenvalue weighted by molar-refractivity contribution is 0.0695. The first-order chi connectivity index (χ1) is 13.3. The maximum Gasteiger partial charge on any atom is 0.336 e. The summed E-state index contributed by atoms with van der Waals surface area (Å²) in [5, 5.41) is 19.2. The Kier molecular flexibility index (Phi) is 6.71. The Balaban J connectivity index is 2.06. The van der Waals surface area contributed by atoms with E-state index in [-0.39, 0.29) is 11.1 Å². The third kappa shape index (κ3) is 5.11. The van der Waals surface area contributed by atoms with E-state index in [9.17, 15) is 19.8 Å². The highest BCUT2D eigenvalue weighted by Crippen LogP contribution is 2.24. The fourth-order valence-electron chi connectivity index (χ4n) is 3.03. The second-order valence-corrected chi connectivity index (χ2v) is 8.87. The lowest BCUT2D eigenvalue weighted by atomic mass is 9.91. The summed E-state index contributed by atoms with van der Waals surface area (Å²) in [5.41, 5.74) is 3.24. The van der Waals surface area contributed by atoms with E-state index in [0.717, 1.165) is 18.3 Å². The summed E-state index contributed by atoms with van der Waals surface area (Å²) < 4.78 is 2.20. The van der Waals surface area contributed by atoms with Crippen LogP contribution in [0.1, 0.15) is 43.0 Å². The Morgan fingerprint density at radius 2 is 1.00 bits per heavy atom. The van der Waals surface area contributed by atoms with Crippen LogP contribution in [0.2, 0.25) is 0 Å². The van der Waals surface area contributed by atoms with Crippen LogP contribution >= 0.6 is 45.2 Å². The lowest BCUT2D eigenvalue weighted by Crippen LogP contribution is -2.11. The zero-order valence-electron chi connectivity index (χ0n) is 14.7. The Labute approximate surface area is 189 Å². The molecule has 3 aromatic rings. The third-order valence-electron chi connectivity index (χ3n) is 4.41. The van der Waals surface area contributed by atoms with Gasteiger partial charge in [0.05, 0.1) is 11.1 Å². The van der Waals surface area contributed by atoms with Gasteiger partial charge in [-0.25, -0.2) is 9.59 Å². The summed E-state index contributed by atoms with van der Waals surface area (Å²) in [7, 11) is 0. The molecule has 6 heteroatoms. The van der Waals surface area contributed by atoms with Crippen molar-refractivity contribution in [2.45, 2.75) is 12.8 Å². The molecule has 3 aromatic carbocycles. The first-order valence-corrected chi connectivity index (χ1v) is 10.6. The minimum Gasteiger partial charge on any atom is -0.478 e. The number of benzene rings is 3. The van der Waals surface area contributed by atoms with Crippen molar-refractivity contribution in [2.75, 3.05) is 0 Å². The van der Waals surface area contributed by atoms with Gasteiger partial charge in [0.15, 0.2) is 0 Å². The predicted octanol–water partition coefficient (Wildman–Crippen LogP) is 5.47. The van der Waals surface area contributed by atoms with Crippen LogP contribution < -0.4 is 0 Å². The SMILES string of the molecule is O=C(O)c1cc(C(=O)O)c(Cc2ccc(I)cc2)cc1Cc1ccc(I)cc1. The van der Waals surface area contributed by atoms with E-state index in [1.54, 1.807) is 6.07 Å². The molecular weight excluding hydrogens is 582 g/mol. The molecule has 142 valence electrons. The Morgan fingerprint density at radius 3 is 1.32 bits per heavy atom. The summed E-state index contributed by atoms with van der Waals surface area (Å²) in [5.74, 6) is -2.24. The molecule has 0 saturated carbocycles. The van der Waals surface area contributed by atoms with Crippen molar-refractivity contribution < 1.29 is 19.8 Å². The van der Waals surface area contributed by atoms with Crippen LogP contribution in [0, 0.1) is 7.14 Å². The molecule has 2 N–H and O–H groups in total. The van der Waals surface area contributed by atoms with Crippen LogP contribution in [-0.2, 0) is 12.8 Å². The van der Waals surface area contributed by atoms with Gasteiger partial charge in [-0.15, -0.1) is 0 Å². The number of carboxylic acid groups (broad SMARTS) is 2. The average molecular weight is 598 g/mol. The van der Waals surface area contributed by atoms with Crippen molar-refractivity contribution in [3.8, 4) is 0 Å². The Bertz CT molecular complexity index is 945. The standard InChI is InChI=1S/C22H16I2O4/c23-17-5-1-13(2-6-17)9-15-11-16(10-14-3-7-18(24)8-4-14)20(22(27)28)12-19(15)21(25)26/h1-8,11-12H,9-10H2,(H,25,26)(H,27,28). The summed E-state index contributed by atoms with van der Waals surface area (Å²) in [6.07, 6.45) is 0.857. The van der Waals surface area contributed by atoms with Gasteiger partial charge in [-0.1, -0.05) is 30.3 Å². The van der Waals surface area contributed by atoms with Crippen molar-refractivity contribution in [1.29, 1.82) is 0 Å². The molecule has 0 aliphatic rings. The number of hydrogen-bond donors (Lipinski definition) is 2. The molecule has 0 fully saturated rings. The smallest absolute Gasteiger partial charge is 0.336 e. The van der Waals surface area contributed by atoms with Gasteiger partial charge < -0.3 is 10.2 Å². The molecule has 0 amide bonds. The molecule has 0 saturated heterocycles. The van der Waals surface area contributed by atoms with Crippen LogP contribution in [0.25, 0.3) is 0 Å². The van der Waals surface area contributed by atoms with Gasteiger partial charge in [0.25, 0.3) is 0 Å². The number of aromatic carboxylic acids is 2. The molecule has 0 aromatic heterocycles. The molecule has 0 bridgehead atoms. The van der Waals surface area contributed by atoms with Crippen molar-refractivity contribution in [2.24, 2.45) is 0 Å². The van der Waals surface area contributed by atoms with E-state index in [1.807, 2.05) is 48.5 Å². The van der Waals surface area contributed by atoms with Gasteiger partial charge in [-0.2, -0.15) is 0 Å². The van der Waals surface area contributed by atoms with Gasteiger partial charge in [-0.3, -0.25) is 0 Å². The first-order valence-electron chi connectivity index (χ1n) is 8.45. The van der Waals surface area contributed by atoms with Crippen molar-refractivity contribution in [3.63, 3.8) is 0 Å². The largest absolute Gasteiger partial charge is 0.478 e. The summed E-state index contributed by atoms with van der Waals surface area (Å²) in [6, 6.07) is 18.7. The molecule has 0 heterocycles. The topological polar surface area (TPSA) is 74.6 Å². The molecule has 0 atom stereocenters. The first kappa shape index (κ1) is 20.8. The molecule has 28 heavy (non-hydrogen) atoms. The average Bonchev–Trinajstić information content (AvgIpc) is 2.65. The van der Waals surface area contributed by atoms with E-state index < -0.39 is 11.9 Å². The molecule has 0 spiro atoms. The molecule has 3 rings (SSSR count). The third-order valence-corrected chi connectivity index (χ3v) is 5.84. The minimum absolute atomic E-state index is 0.0299. The molecule has 0 aliphatic carbocycles. The number of halogens is 2. The maximum absolute atomic E-state index is 11.8. The lowest BCUT2D eigenvalue weighted by Gasteiger charge is -2.13. The van der Waals surface area contributed by atoms with Crippen molar-refractivity contribution >= 4 is 57.1 Å². The Morgan fingerprint density at radius 1 is 0.643 bits per heavy atom. The molecule has 0 aliphatic heterocycles. The van der Waals surface area contributed by atoms with E-state index in [1.165, 1.54) is 6.07 Å². The van der Waals surface area contributed by atoms with Gasteiger partial charge in [0.1, 0.15) is 0 Å². The van der Waals surface area contributed by atoms with Crippen LogP contribution in [0.3, 0.4) is 0 Å². The summed E-state index contributed by atoms with van der Waals surface area (Å²) >= 11 is 4.43. The van der Waals surface area contributed by atoms with Gasteiger partial charge in [0, 0.05) is 7.14 Å². The van der Waals surface area contributed by atoms with Crippen LogP contribution in [0.5, 0.6) is 0 Å². The van der Waals surface area contributed by atoms with Crippen LogP contribution in [0.4, 0.5) is 0 Å². The van der Waals surface area contributed by atoms with E-state index in [4.69, 9.17) is 0 Å². The van der Waals surface area contributed by atoms with Gasteiger partial charge in [-0.05, 0) is 111 Å². The summed E-state index contributed by atoms with van der Waals surface area (Å²) in [4.78, 5) is 23.5. The fraction of sp³-hybridized carbons (Fsp3) is 0.0909. The Hall–Kier alpha value is -1.94. The van der Waals surface area contributed by atoms with Crippen molar-refractivity contribution in [3.05, 3.63) is 101 Å². The van der Waals surface area contributed by atoms with Gasteiger partial charge >= 0.3 is 11.9 Å². The monoisotopic (exact) mass is 598 g/mol. The zero-order valence-corrected chi connectivity index (χ0v) is 19.0. The number of carboxylic acids is 2. The number of hydrogen-bond acceptors (Lipinski definition) is 2. The van der Waals surface area contributed by atoms with E-state index in [0.29, 0.717) is 24.0 Å².